The molecule has 0 unspecified atom stereocenters. The van der Waals surface area contributed by atoms with Gasteiger partial charge in [-0.2, -0.15) is 5.01 Å². The number of likely N-dealkylation sites (tertiary alicyclic amines) is 1. The summed E-state index contributed by atoms with van der Waals surface area (Å²) in [7, 11) is 0. The smallest absolute Gasteiger partial charge is 0.273 e. The number of hydrogen-bond acceptors (Lipinski definition) is 6. The van der Waals surface area contributed by atoms with E-state index in [1.807, 2.05) is 18.3 Å². The molecule has 35 heavy (non-hydrogen) atoms. The van der Waals surface area contributed by atoms with Gasteiger partial charge in [-0.3, -0.25) is 24.3 Å². The maximum atomic E-state index is 12.9. The Balaban J connectivity index is 1.10. The molecular formula is C27H26N4O4. The molecule has 0 saturated carbocycles. The number of nitrogens with zero attached hydrogens (tertiary/aromatic N) is 4. The number of benzene rings is 2. The SMILES string of the molecule is O=C1c2ccc(O[C@@H]3CCN(Cc4ccc5ncccc5c4)C3)cc2CN1N1C(=O)CCCC1=O. The van der Waals surface area contributed by atoms with Crippen LogP contribution in [-0.4, -0.2) is 56.8 Å². The Hall–Kier alpha value is -3.78. The fraction of sp³-hybridized carbons (Fsp3) is 0.333. The zero-order chi connectivity index (χ0) is 23.9. The van der Waals surface area contributed by atoms with Crippen LogP contribution in [-0.2, 0) is 22.7 Å². The molecular weight excluding hydrogens is 444 g/mol. The van der Waals surface area contributed by atoms with Gasteiger partial charge in [0, 0.05) is 49.6 Å². The number of hydrazine groups is 1. The third kappa shape index (κ3) is 4.14. The van der Waals surface area contributed by atoms with Crippen LogP contribution in [0.15, 0.2) is 54.7 Å². The fourth-order valence-corrected chi connectivity index (χ4v) is 5.24. The van der Waals surface area contributed by atoms with Crippen LogP contribution in [0.5, 0.6) is 5.75 Å². The maximum absolute atomic E-state index is 12.9. The number of piperidine rings is 1. The molecule has 2 aromatic carbocycles. The summed E-state index contributed by atoms with van der Waals surface area (Å²) in [5.41, 5.74) is 3.55. The lowest BCUT2D eigenvalue weighted by Crippen LogP contribution is -2.51. The Morgan fingerprint density at radius 3 is 2.71 bits per heavy atom. The molecule has 2 fully saturated rings. The molecule has 2 saturated heterocycles. The van der Waals surface area contributed by atoms with Gasteiger partial charge in [-0.05, 0) is 60.4 Å². The highest BCUT2D eigenvalue weighted by atomic mass is 16.5. The van der Waals surface area contributed by atoms with E-state index in [0.717, 1.165) is 47.5 Å². The van der Waals surface area contributed by atoms with Crippen LogP contribution in [0, 0.1) is 0 Å². The monoisotopic (exact) mass is 470 g/mol. The molecule has 4 heterocycles. The van der Waals surface area contributed by atoms with Crippen molar-refractivity contribution in [1.82, 2.24) is 19.9 Å². The lowest BCUT2D eigenvalue weighted by Gasteiger charge is -2.32. The van der Waals surface area contributed by atoms with E-state index in [1.54, 1.807) is 12.1 Å². The van der Waals surface area contributed by atoms with Crippen molar-refractivity contribution in [2.75, 3.05) is 13.1 Å². The van der Waals surface area contributed by atoms with Crippen LogP contribution in [0.25, 0.3) is 10.9 Å². The molecule has 8 nitrogen and oxygen atoms in total. The van der Waals surface area contributed by atoms with Gasteiger partial charge in [-0.25, -0.2) is 5.01 Å². The first-order chi connectivity index (χ1) is 17.0. The number of aromatic nitrogens is 1. The summed E-state index contributed by atoms with van der Waals surface area (Å²) in [4.78, 5) is 44.2. The first-order valence-corrected chi connectivity index (χ1v) is 12.1. The summed E-state index contributed by atoms with van der Waals surface area (Å²) in [5, 5.41) is 3.45. The van der Waals surface area contributed by atoms with Crippen molar-refractivity contribution in [2.24, 2.45) is 0 Å². The summed E-state index contributed by atoms with van der Waals surface area (Å²) in [5.74, 6) is -0.230. The minimum Gasteiger partial charge on any atom is -0.489 e. The van der Waals surface area contributed by atoms with E-state index in [9.17, 15) is 14.4 Å². The Morgan fingerprint density at radius 2 is 1.86 bits per heavy atom. The lowest BCUT2D eigenvalue weighted by atomic mass is 10.1. The Kier molecular flexibility index (Phi) is 5.45. The number of imide groups is 1. The summed E-state index contributed by atoms with van der Waals surface area (Å²) >= 11 is 0. The summed E-state index contributed by atoms with van der Waals surface area (Å²) in [6.07, 6.45) is 3.91. The van der Waals surface area contributed by atoms with Gasteiger partial charge in [0.15, 0.2) is 0 Å². The van der Waals surface area contributed by atoms with Crippen LogP contribution in [0.1, 0.15) is 47.2 Å². The maximum Gasteiger partial charge on any atom is 0.273 e. The minimum absolute atomic E-state index is 0.0635. The molecule has 3 amide bonds. The molecule has 6 rings (SSSR count). The number of carbonyl (C=O) groups excluding carboxylic acids is 3. The average Bonchev–Trinajstić information content (AvgIpc) is 3.42. The predicted molar refractivity (Wildman–Crippen MR) is 128 cm³/mol. The number of fused-ring (bicyclic) bond motifs is 2. The van der Waals surface area contributed by atoms with Crippen molar-refractivity contribution in [1.29, 1.82) is 0 Å². The molecule has 0 N–H and O–H groups in total. The molecule has 3 aliphatic rings. The van der Waals surface area contributed by atoms with Crippen molar-refractivity contribution in [2.45, 2.75) is 44.9 Å². The van der Waals surface area contributed by atoms with Crippen molar-refractivity contribution < 1.29 is 19.1 Å². The van der Waals surface area contributed by atoms with Gasteiger partial charge < -0.3 is 4.74 Å². The molecule has 8 heteroatoms. The number of ether oxygens (including phenoxy) is 1. The van der Waals surface area contributed by atoms with E-state index in [-0.39, 0.29) is 43.2 Å². The molecule has 1 aromatic heterocycles. The van der Waals surface area contributed by atoms with Crippen molar-refractivity contribution in [3.8, 4) is 5.75 Å². The molecule has 178 valence electrons. The van der Waals surface area contributed by atoms with E-state index in [4.69, 9.17) is 4.74 Å². The minimum atomic E-state index is -0.312. The van der Waals surface area contributed by atoms with E-state index >= 15 is 0 Å². The summed E-state index contributed by atoms with van der Waals surface area (Å²) in [6.45, 7) is 2.84. The van der Waals surface area contributed by atoms with Gasteiger partial charge in [-0.15, -0.1) is 0 Å². The first-order valence-electron chi connectivity index (χ1n) is 12.1. The zero-order valence-corrected chi connectivity index (χ0v) is 19.4. The van der Waals surface area contributed by atoms with Crippen LogP contribution in [0.2, 0.25) is 0 Å². The third-order valence-electron chi connectivity index (χ3n) is 6.96. The molecule has 3 aliphatic heterocycles. The second-order valence-corrected chi connectivity index (χ2v) is 9.43. The molecule has 0 radical (unpaired) electrons. The number of carbonyl (C=O) groups is 3. The Bertz CT molecular complexity index is 1320. The van der Waals surface area contributed by atoms with Crippen molar-refractivity contribution in [3.63, 3.8) is 0 Å². The van der Waals surface area contributed by atoms with E-state index in [2.05, 4.69) is 34.1 Å². The largest absolute Gasteiger partial charge is 0.489 e. The van der Waals surface area contributed by atoms with Gasteiger partial charge >= 0.3 is 0 Å². The topological polar surface area (TPSA) is 83.1 Å². The summed E-state index contributed by atoms with van der Waals surface area (Å²) < 4.78 is 6.27. The fourth-order valence-electron chi connectivity index (χ4n) is 5.24. The standard InChI is InChI=1S/C27H26N4O4/c32-25-4-1-5-26(33)31(25)30-16-20-14-21(7-8-23(20)27(30)34)35-22-10-12-29(17-22)15-18-6-9-24-19(13-18)3-2-11-28-24/h2-3,6-9,11,13-14,22H,1,4-5,10,12,15-17H2/t22-/m1/s1. The summed E-state index contributed by atoms with van der Waals surface area (Å²) in [6, 6.07) is 15.8. The zero-order valence-electron chi connectivity index (χ0n) is 19.4. The second-order valence-electron chi connectivity index (χ2n) is 9.43. The van der Waals surface area contributed by atoms with Crippen LogP contribution in [0.4, 0.5) is 0 Å². The predicted octanol–water partition coefficient (Wildman–Crippen LogP) is 3.30. The van der Waals surface area contributed by atoms with Gasteiger partial charge in [0.1, 0.15) is 11.9 Å². The van der Waals surface area contributed by atoms with E-state index in [1.165, 1.54) is 10.6 Å². The van der Waals surface area contributed by atoms with Crippen LogP contribution >= 0.6 is 0 Å². The molecule has 0 bridgehead atoms. The number of rotatable bonds is 5. The van der Waals surface area contributed by atoms with Crippen LogP contribution in [0.3, 0.4) is 0 Å². The number of pyridine rings is 1. The molecule has 1 atom stereocenters. The van der Waals surface area contributed by atoms with Crippen LogP contribution < -0.4 is 4.74 Å². The second kappa shape index (κ2) is 8.78. The number of hydrogen-bond donors (Lipinski definition) is 0. The Morgan fingerprint density at radius 1 is 1.00 bits per heavy atom. The molecule has 0 aliphatic carbocycles. The van der Waals surface area contributed by atoms with Crippen molar-refractivity contribution in [3.05, 3.63) is 71.4 Å². The first kappa shape index (κ1) is 21.7. The van der Waals surface area contributed by atoms with E-state index < -0.39 is 0 Å². The Labute approximate surface area is 203 Å². The van der Waals surface area contributed by atoms with E-state index in [0.29, 0.717) is 17.7 Å². The highest BCUT2D eigenvalue weighted by molar-refractivity contribution is 6.04. The average molecular weight is 471 g/mol. The van der Waals surface area contributed by atoms with Gasteiger partial charge in [0.05, 0.1) is 12.1 Å². The molecule has 3 aromatic rings. The lowest BCUT2D eigenvalue weighted by molar-refractivity contribution is -0.163. The number of amides is 3. The highest BCUT2D eigenvalue weighted by Crippen LogP contribution is 2.31. The van der Waals surface area contributed by atoms with Gasteiger partial charge in [0.25, 0.3) is 5.91 Å². The third-order valence-corrected chi connectivity index (χ3v) is 6.96. The quantitative estimate of drug-likeness (QED) is 0.532. The highest BCUT2D eigenvalue weighted by Gasteiger charge is 2.39. The van der Waals surface area contributed by atoms with Gasteiger partial charge in [-0.1, -0.05) is 12.1 Å². The molecule has 0 spiro atoms. The van der Waals surface area contributed by atoms with Crippen molar-refractivity contribution >= 4 is 28.6 Å². The van der Waals surface area contributed by atoms with Gasteiger partial charge in [0.2, 0.25) is 11.8 Å². The normalized spacial score (nSPS) is 20.7.